The first-order valence-electron chi connectivity index (χ1n) is 7.96. The van der Waals surface area contributed by atoms with Gasteiger partial charge in [0.15, 0.2) is 0 Å². The van der Waals surface area contributed by atoms with Crippen LogP contribution in [0.2, 0.25) is 10.0 Å². The first-order valence-corrected chi connectivity index (χ1v) is 11.1. The normalized spacial score (nSPS) is 10.7. The Kier molecular flexibility index (Phi) is 7.51. The Hall–Kier alpha value is -0.720. The lowest BCUT2D eigenvalue weighted by Crippen LogP contribution is -2.05. The van der Waals surface area contributed by atoms with E-state index < -0.39 is 0 Å². The molecule has 0 atom stereocenters. The molecule has 0 heterocycles. The topological polar surface area (TPSA) is 21.3 Å². The lowest BCUT2D eigenvalue weighted by molar-refractivity contribution is 0.301. The van der Waals surface area contributed by atoms with Gasteiger partial charge in [-0.2, -0.15) is 0 Å². The fourth-order valence-corrected chi connectivity index (χ4v) is 4.63. The van der Waals surface area contributed by atoms with E-state index in [0.29, 0.717) is 23.2 Å². The summed E-state index contributed by atoms with van der Waals surface area (Å²) in [6.45, 7) is 1.03. The largest absolute Gasteiger partial charge is 0.487 e. The van der Waals surface area contributed by atoms with Crippen molar-refractivity contribution >= 4 is 76.7 Å². The van der Waals surface area contributed by atoms with Crippen LogP contribution >= 0.6 is 71.0 Å². The highest BCUT2D eigenvalue weighted by atomic mass is 79.9. The van der Waals surface area contributed by atoms with Gasteiger partial charge in [0.05, 0.1) is 15.2 Å². The average Bonchev–Trinajstić information content (AvgIpc) is 2.61. The summed E-state index contributed by atoms with van der Waals surface area (Å²) < 4.78 is 9.00. The molecule has 0 fully saturated rings. The highest BCUT2D eigenvalue weighted by Crippen LogP contribution is 2.35. The van der Waals surface area contributed by atoms with Gasteiger partial charge in [-0.25, -0.2) is 0 Å². The van der Waals surface area contributed by atoms with Gasteiger partial charge in [0, 0.05) is 26.1 Å². The zero-order valence-corrected chi connectivity index (χ0v) is 20.2. The summed E-state index contributed by atoms with van der Waals surface area (Å²) in [4.78, 5) is 0. The van der Waals surface area contributed by atoms with Crippen LogP contribution in [0.4, 0.5) is 5.69 Å². The Morgan fingerprint density at radius 3 is 2.30 bits per heavy atom. The molecule has 0 aliphatic heterocycles. The average molecular weight is 595 g/mol. The maximum Gasteiger partial charge on any atom is 0.139 e. The molecule has 3 aromatic carbocycles. The predicted octanol–water partition coefficient (Wildman–Crippen LogP) is 8.47. The van der Waals surface area contributed by atoms with Crippen LogP contribution in [-0.4, -0.2) is 0 Å². The zero-order chi connectivity index (χ0) is 19.4. The van der Waals surface area contributed by atoms with Gasteiger partial charge >= 0.3 is 0 Å². The summed E-state index contributed by atoms with van der Waals surface area (Å²) in [6.07, 6.45) is 0. The van der Waals surface area contributed by atoms with Crippen molar-refractivity contribution in [2.45, 2.75) is 13.2 Å². The minimum Gasteiger partial charge on any atom is -0.487 e. The van der Waals surface area contributed by atoms with Crippen molar-refractivity contribution in [1.29, 1.82) is 0 Å². The van der Waals surface area contributed by atoms with Gasteiger partial charge in [-0.1, -0.05) is 67.2 Å². The van der Waals surface area contributed by atoms with Crippen molar-refractivity contribution in [2.24, 2.45) is 0 Å². The minimum absolute atomic E-state index is 0.474. The van der Waals surface area contributed by atoms with Crippen LogP contribution in [0.3, 0.4) is 0 Å². The van der Waals surface area contributed by atoms with Gasteiger partial charge in [0.25, 0.3) is 0 Å². The molecule has 0 aliphatic carbocycles. The fourth-order valence-electron chi connectivity index (χ4n) is 2.47. The molecule has 0 aromatic heterocycles. The van der Waals surface area contributed by atoms with Crippen LogP contribution in [0.5, 0.6) is 5.75 Å². The number of rotatable bonds is 6. The number of halogens is 5. The molecule has 0 saturated heterocycles. The van der Waals surface area contributed by atoms with E-state index in [2.05, 4.69) is 53.1 Å². The Morgan fingerprint density at radius 2 is 1.59 bits per heavy atom. The number of nitrogens with one attached hydrogen (secondary N) is 1. The van der Waals surface area contributed by atoms with Crippen molar-refractivity contribution in [3.8, 4) is 5.75 Å². The van der Waals surface area contributed by atoms with Gasteiger partial charge in [-0.05, 0) is 64.0 Å². The highest BCUT2D eigenvalue weighted by Gasteiger charge is 2.12. The molecule has 1 N–H and O–H groups in total. The van der Waals surface area contributed by atoms with E-state index in [4.69, 9.17) is 27.9 Å². The van der Waals surface area contributed by atoms with Gasteiger partial charge in [-0.3, -0.25) is 0 Å². The van der Waals surface area contributed by atoms with E-state index in [1.807, 2.05) is 42.5 Å². The van der Waals surface area contributed by atoms with E-state index in [1.54, 1.807) is 12.1 Å². The smallest absolute Gasteiger partial charge is 0.139 e. The molecule has 0 amide bonds. The summed E-state index contributed by atoms with van der Waals surface area (Å²) in [5, 5.41) is 4.52. The first-order chi connectivity index (χ1) is 12.9. The zero-order valence-electron chi connectivity index (χ0n) is 13.9. The molecule has 0 saturated carbocycles. The number of benzene rings is 3. The van der Waals surface area contributed by atoms with Crippen LogP contribution in [-0.2, 0) is 13.2 Å². The maximum atomic E-state index is 6.25. The second-order valence-electron chi connectivity index (χ2n) is 5.77. The summed E-state index contributed by atoms with van der Waals surface area (Å²) in [6, 6.07) is 17.4. The third-order valence-electron chi connectivity index (χ3n) is 3.78. The first kappa shape index (κ1) is 21.0. The van der Waals surface area contributed by atoms with Gasteiger partial charge < -0.3 is 10.1 Å². The number of hydrogen-bond donors (Lipinski definition) is 1. The van der Waals surface area contributed by atoms with Gasteiger partial charge in [-0.15, -0.1) is 0 Å². The third-order valence-corrected chi connectivity index (χ3v) is 5.91. The van der Waals surface area contributed by atoms with E-state index in [1.165, 1.54) is 0 Å². The third kappa shape index (κ3) is 5.88. The number of ether oxygens (including phenoxy) is 1. The van der Waals surface area contributed by atoms with Crippen molar-refractivity contribution < 1.29 is 4.74 Å². The van der Waals surface area contributed by atoms with Crippen LogP contribution in [0.15, 0.2) is 68.0 Å². The second-order valence-corrected chi connectivity index (χ2v) is 9.30. The second kappa shape index (κ2) is 9.66. The molecule has 3 aromatic rings. The number of hydrogen-bond acceptors (Lipinski definition) is 2. The molecular formula is C20H14Br3Cl2NO. The van der Waals surface area contributed by atoms with Crippen LogP contribution in [0.25, 0.3) is 0 Å². The molecule has 0 spiro atoms. The Morgan fingerprint density at radius 1 is 0.852 bits per heavy atom. The van der Waals surface area contributed by atoms with Gasteiger partial charge in [0.2, 0.25) is 0 Å². The van der Waals surface area contributed by atoms with Crippen molar-refractivity contribution in [1.82, 2.24) is 0 Å². The van der Waals surface area contributed by atoms with Crippen LogP contribution in [0.1, 0.15) is 11.1 Å². The van der Waals surface area contributed by atoms with Gasteiger partial charge in [0.1, 0.15) is 12.4 Å². The van der Waals surface area contributed by atoms with Crippen molar-refractivity contribution in [3.05, 3.63) is 89.2 Å². The van der Waals surface area contributed by atoms with Crippen LogP contribution < -0.4 is 10.1 Å². The Balaban J connectivity index is 1.78. The van der Waals surface area contributed by atoms with E-state index in [9.17, 15) is 0 Å². The summed E-state index contributed by atoms with van der Waals surface area (Å²) in [5.74, 6) is 0.790. The maximum absolute atomic E-state index is 6.25. The molecule has 0 aliphatic rings. The lowest BCUT2D eigenvalue weighted by Gasteiger charge is -2.16. The van der Waals surface area contributed by atoms with Crippen molar-refractivity contribution in [2.75, 3.05) is 5.32 Å². The predicted molar refractivity (Wildman–Crippen MR) is 124 cm³/mol. The molecular weight excluding hydrogens is 581 g/mol. The Labute approximate surface area is 193 Å². The quantitative estimate of drug-likeness (QED) is 0.309. The molecule has 7 heteroatoms. The number of anilines is 1. The minimum atomic E-state index is 0.474. The molecule has 0 bridgehead atoms. The molecule has 0 unspecified atom stereocenters. The molecule has 0 radical (unpaired) electrons. The fraction of sp³-hybridized carbons (Fsp3) is 0.100. The monoisotopic (exact) mass is 591 g/mol. The molecule has 3 rings (SSSR count). The Bertz CT molecular complexity index is 949. The molecule has 2 nitrogen and oxygen atoms in total. The van der Waals surface area contributed by atoms with E-state index in [-0.39, 0.29) is 0 Å². The van der Waals surface area contributed by atoms with Crippen molar-refractivity contribution in [3.63, 3.8) is 0 Å². The molecule has 140 valence electrons. The SMILES string of the molecule is Clc1ccc(NCc2cc(Br)cc(Br)c2OCc2ccc(Br)cc2)c(Cl)c1. The lowest BCUT2D eigenvalue weighted by atomic mass is 10.2. The van der Waals surface area contributed by atoms with Crippen LogP contribution in [0, 0.1) is 0 Å². The van der Waals surface area contributed by atoms with E-state index in [0.717, 1.165) is 36.0 Å². The highest BCUT2D eigenvalue weighted by molar-refractivity contribution is 9.11. The standard InChI is InChI=1S/C20H14Br3Cl2NO/c21-14-3-1-12(2-4-14)11-27-20-13(7-15(22)8-17(20)23)10-26-19-6-5-16(24)9-18(19)25/h1-9,26H,10-11H2. The summed E-state index contributed by atoms with van der Waals surface area (Å²) >= 11 is 22.8. The summed E-state index contributed by atoms with van der Waals surface area (Å²) in [5.41, 5.74) is 2.91. The molecule has 27 heavy (non-hydrogen) atoms. The summed E-state index contributed by atoms with van der Waals surface area (Å²) in [7, 11) is 0. The van der Waals surface area contributed by atoms with E-state index >= 15 is 0 Å².